The minimum Gasteiger partial charge on any atom is -0.444 e. The molecule has 2 heterocycles. The fourth-order valence-corrected chi connectivity index (χ4v) is 4.68. The normalized spacial score (nSPS) is 18.8. The van der Waals surface area contributed by atoms with E-state index in [1.165, 1.54) is 6.92 Å². The summed E-state index contributed by atoms with van der Waals surface area (Å²) in [7, 11) is 0. The third kappa shape index (κ3) is 6.91. The van der Waals surface area contributed by atoms with Crippen LogP contribution in [-0.4, -0.2) is 58.1 Å². The second-order valence-corrected chi connectivity index (χ2v) is 10.1. The molecule has 0 aliphatic carbocycles. The highest BCUT2D eigenvalue weighted by Crippen LogP contribution is 2.35. The van der Waals surface area contributed by atoms with Crippen LogP contribution in [0.25, 0.3) is 0 Å². The Morgan fingerprint density at radius 1 is 1.15 bits per heavy atom. The highest BCUT2D eigenvalue weighted by atomic mass is 79.9. The predicted octanol–water partition coefficient (Wildman–Crippen LogP) is 5.22. The van der Waals surface area contributed by atoms with Gasteiger partial charge in [-0.25, -0.2) is 9.78 Å². The Hall–Kier alpha value is -2.16. The lowest BCUT2D eigenvalue weighted by Crippen LogP contribution is -2.60. The summed E-state index contributed by atoms with van der Waals surface area (Å²) >= 11 is 9.62. The van der Waals surface area contributed by atoms with Crippen LogP contribution in [0.2, 0.25) is 5.15 Å². The number of amides is 2. The molecule has 3 rings (SSSR count). The van der Waals surface area contributed by atoms with Crippen molar-refractivity contribution in [3.8, 4) is 0 Å². The van der Waals surface area contributed by atoms with Crippen LogP contribution in [0, 0.1) is 0 Å². The molecule has 1 aromatic heterocycles. The van der Waals surface area contributed by atoms with Gasteiger partial charge in [0.15, 0.2) is 0 Å². The molecule has 0 saturated carbocycles. The minimum absolute atomic E-state index is 0.0963. The number of halogens is 2. The smallest absolute Gasteiger partial charge is 0.410 e. The highest BCUT2D eigenvalue weighted by Gasteiger charge is 2.42. The van der Waals surface area contributed by atoms with Gasteiger partial charge in [0.2, 0.25) is 5.91 Å². The molecule has 2 aromatic rings. The Morgan fingerprint density at radius 2 is 1.82 bits per heavy atom. The number of carbonyl (C=O) groups is 2. The van der Waals surface area contributed by atoms with Crippen LogP contribution in [0.3, 0.4) is 0 Å². The number of nitrogens with zero attached hydrogens (tertiary/aromatic N) is 3. The van der Waals surface area contributed by atoms with Crippen LogP contribution in [0.1, 0.15) is 44.9 Å². The van der Waals surface area contributed by atoms with E-state index in [1.807, 2.05) is 57.2 Å². The molecule has 2 unspecified atom stereocenters. The van der Waals surface area contributed by atoms with Crippen molar-refractivity contribution in [1.82, 2.24) is 14.8 Å². The minimum atomic E-state index is -0.650. The summed E-state index contributed by atoms with van der Waals surface area (Å²) in [5, 5.41) is 0.293. The first-order valence-electron chi connectivity index (χ1n) is 10.8. The van der Waals surface area contributed by atoms with Crippen molar-refractivity contribution < 1.29 is 19.1 Å². The summed E-state index contributed by atoms with van der Waals surface area (Å²) in [4.78, 5) is 33.3. The summed E-state index contributed by atoms with van der Waals surface area (Å²) < 4.78 is 12.3. The molecule has 0 radical (unpaired) electrons. The Balaban J connectivity index is 1.96. The summed E-state index contributed by atoms with van der Waals surface area (Å²) in [5.41, 5.74) is 1.13. The summed E-state index contributed by atoms with van der Waals surface area (Å²) in [6.45, 7) is 8.30. The third-order valence-electron chi connectivity index (χ3n) is 5.24. The molecule has 178 valence electrons. The van der Waals surface area contributed by atoms with E-state index in [0.717, 1.165) is 11.1 Å². The highest BCUT2D eigenvalue weighted by molar-refractivity contribution is 9.10. The molecular weight excluding hydrogens is 510 g/mol. The number of benzene rings is 1. The van der Waals surface area contributed by atoms with Crippen molar-refractivity contribution in [3.05, 3.63) is 63.3 Å². The van der Waals surface area contributed by atoms with Crippen LogP contribution in [0.5, 0.6) is 0 Å². The Kier molecular flexibility index (Phi) is 8.37. The van der Waals surface area contributed by atoms with E-state index in [4.69, 9.17) is 21.1 Å². The largest absolute Gasteiger partial charge is 0.444 e. The predicted molar refractivity (Wildman–Crippen MR) is 130 cm³/mol. The molecule has 0 spiro atoms. The van der Waals surface area contributed by atoms with Gasteiger partial charge >= 0.3 is 6.09 Å². The van der Waals surface area contributed by atoms with Crippen molar-refractivity contribution in [3.63, 3.8) is 0 Å². The van der Waals surface area contributed by atoms with E-state index in [-0.39, 0.29) is 12.5 Å². The molecule has 1 fully saturated rings. The SMILES string of the molecule is CC(=O)N1CCN(C(=O)OC(C)(C)C)C(COCc2ccccc2)C1c1cc(Cl)nc(Br)c1. The molecule has 1 aliphatic rings. The zero-order valence-electron chi connectivity index (χ0n) is 19.3. The van der Waals surface area contributed by atoms with Crippen LogP contribution in [-0.2, 0) is 20.9 Å². The molecule has 0 N–H and O–H groups in total. The quantitative estimate of drug-likeness (QED) is 0.488. The molecule has 1 aromatic carbocycles. The molecule has 2 atom stereocenters. The zero-order chi connectivity index (χ0) is 24.2. The van der Waals surface area contributed by atoms with Gasteiger partial charge < -0.3 is 14.4 Å². The van der Waals surface area contributed by atoms with Crippen molar-refractivity contribution in [2.75, 3.05) is 19.7 Å². The summed E-state index contributed by atoms with van der Waals surface area (Å²) in [6, 6.07) is 12.4. The monoisotopic (exact) mass is 537 g/mol. The lowest BCUT2D eigenvalue weighted by Gasteiger charge is -2.47. The maximum Gasteiger partial charge on any atom is 0.410 e. The topological polar surface area (TPSA) is 72.0 Å². The Morgan fingerprint density at radius 3 is 2.42 bits per heavy atom. The summed E-state index contributed by atoms with van der Waals surface area (Å²) in [5.74, 6) is -0.0963. The maximum absolute atomic E-state index is 13.1. The molecular formula is C24H29BrClN3O4. The first-order valence-corrected chi connectivity index (χ1v) is 11.9. The van der Waals surface area contributed by atoms with Gasteiger partial charge in [0, 0.05) is 20.0 Å². The van der Waals surface area contributed by atoms with Gasteiger partial charge in [-0.05, 0) is 60.0 Å². The van der Waals surface area contributed by atoms with Gasteiger partial charge in [-0.1, -0.05) is 41.9 Å². The number of aromatic nitrogens is 1. The molecule has 7 nitrogen and oxygen atoms in total. The first-order chi connectivity index (χ1) is 15.5. The fourth-order valence-electron chi connectivity index (χ4n) is 3.91. The van der Waals surface area contributed by atoms with Crippen molar-refractivity contribution in [1.29, 1.82) is 0 Å². The van der Waals surface area contributed by atoms with Gasteiger partial charge in [0.25, 0.3) is 0 Å². The summed E-state index contributed by atoms with van der Waals surface area (Å²) in [6.07, 6.45) is -0.441. The lowest BCUT2D eigenvalue weighted by molar-refractivity contribution is -0.138. The van der Waals surface area contributed by atoms with Gasteiger partial charge in [-0.15, -0.1) is 0 Å². The van der Waals surface area contributed by atoms with Crippen molar-refractivity contribution >= 4 is 39.5 Å². The second kappa shape index (κ2) is 10.8. The average Bonchev–Trinajstić information content (AvgIpc) is 2.72. The Bertz CT molecular complexity index is 963. The molecule has 9 heteroatoms. The number of hydrogen-bond acceptors (Lipinski definition) is 5. The van der Waals surface area contributed by atoms with Crippen LogP contribution in [0.15, 0.2) is 47.1 Å². The average molecular weight is 539 g/mol. The lowest BCUT2D eigenvalue weighted by atomic mass is 9.95. The number of hydrogen-bond donors (Lipinski definition) is 0. The fraction of sp³-hybridized carbons (Fsp3) is 0.458. The standard InChI is InChI=1S/C24H29BrClN3O4/c1-16(30)28-10-11-29(23(31)33-24(2,3)4)19(15-32-14-17-8-6-5-7-9-17)22(28)18-12-20(25)27-21(26)13-18/h5-9,12-13,19,22H,10-11,14-15H2,1-4H3. The number of pyridine rings is 1. The molecule has 1 saturated heterocycles. The second-order valence-electron chi connectivity index (χ2n) is 8.94. The van der Waals surface area contributed by atoms with Crippen LogP contribution < -0.4 is 0 Å². The van der Waals surface area contributed by atoms with Crippen LogP contribution in [0.4, 0.5) is 4.79 Å². The number of carbonyl (C=O) groups excluding carboxylic acids is 2. The number of ether oxygens (including phenoxy) is 2. The van der Waals surface area contributed by atoms with Crippen molar-refractivity contribution in [2.45, 2.75) is 52.0 Å². The first kappa shape index (κ1) is 25.5. The number of piperazine rings is 1. The maximum atomic E-state index is 13.1. The van der Waals surface area contributed by atoms with Crippen LogP contribution >= 0.6 is 27.5 Å². The van der Waals surface area contributed by atoms with E-state index in [9.17, 15) is 9.59 Å². The van der Waals surface area contributed by atoms with E-state index in [2.05, 4.69) is 20.9 Å². The van der Waals surface area contributed by atoms with Gasteiger partial charge in [-0.2, -0.15) is 0 Å². The third-order valence-corrected chi connectivity index (χ3v) is 5.84. The van der Waals surface area contributed by atoms with Crippen molar-refractivity contribution in [2.24, 2.45) is 0 Å². The van der Waals surface area contributed by atoms with E-state index in [0.29, 0.717) is 29.5 Å². The van der Waals surface area contributed by atoms with Gasteiger partial charge in [0.1, 0.15) is 15.4 Å². The number of rotatable bonds is 5. The molecule has 0 bridgehead atoms. The molecule has 33 heavy (non-hydrogen) atoms. The molecule has 1 aliphatic heterocycles. The van der Waals surface area contributed by atoms with E-state index in [1.54, 1.807) is 15.9 Å². The molecule has 2 amide bonds. The zero-order valence-corrected chi connectivity index (χ0v) is 21.6. The van der Waals surface area contributed by atoms with Gasteiger partial charge in [-0.3, -0.25) is 9.69 Å². The van der Waals surface area contributed by atoms with Gasteiger partial charge in [0.05, 0.1) is 25.3 Å². The Labute approximate surface area is 208 Å². The van der Waals surface area contributed by atoms with E-state index < -0.39 is 23.8 Å². The van der Waals surface area contributed by atoms with E-state index >= 15 is 0 Å².